The number of hydrogen-bond donors (Lipinski definition) is 2. The molecule has 2 N–H and O–H groups in total. The summed E-state index contributed by atoms with van der Waals surface area (Å²) in [5.41, 5.74) is -0.106. The lowest BCUT2D eigenvalue weighted by atomic mass is 9.97. The van der Waals surface area contributed by atoms with Gasteiger partial charge in [-0.1, -0.05) is 19.8 Å². The first-order chi connectivity index (χ1) is 16.9. The lowest BCUT2D eigenvalue weighted by Crippen LogP contribution is -2.53. The molecule has 8 nitrogen and oxygen atoms in total. The van der Waals surface area contributed by atoms with E-state index in [1.807, 2.05) is 13.8 Å². The van der Waals surface area contributed by atoms with Crippen molar-refractivity contribution in [3.05, 3.63) is 24.3 Å². The number of likely N-dealkylation sites (tertiary alicyclic amines) is 1. The SMILES string of the molecule is C#C[C@H](C[C@@H]1CCNC1=O)NC(=O)[C@@H]1[C@@H]2[C@H](CN1C(=O)COc1ccc(OC(F)(F)F)cc1)C2(C)C. The Morgan fingerprint density at radius 1 is 1.28 bits per heavy atom. The average molecular weight is 508 g/mol. The Morgan fingerprint density at radius 2 is 1.94 bits per heavy atom. The van der Waals surface area contributed by atoms with Crippen molar-refractivity contribution < 1.29 is 37.0 Å². The number of rotatable bonds is 8. The van der Waals surface area contributed by atoms with E-state index in [4.69, 9.17) is 11.2 Å². The quantitative estimate of drug-likeness (QED) is 0.526. The van der Waals surface area contributed by atoms with Crippen molar-refractivity contribution in [2.75, 3.05) is 19.7 Å². The number of carbonyl (C=O) groups is 3. The highest BCUT2D eigenvalue weighted by Gasteiger charge is 2.69. The van der Waals surface area contributed by atoms with Crippen molar-refractivity contribution in [1.29, 1.82) is 0 Å². The summed E-state index contributed by atoms with van der Waals surface area (Å²) in [7, 11) is 0. The van der Waals surface area contributed by atoms with E-state index in [1.165, 1.54) is 17.0 Å². The fourth-order valence-electron chi connectivity index (χ4n) is 5.39. The van der Waals surface area contributed by atoms with E-state index in [9.17, 15) is 27.6 Å². The number of benzene rings is 1. The number of nitrogens with zero attached hydrogens (tertiary/aromatic N) is 1. The van der Waals surface area contributed by atoms with Crippen molar-refractivity contribution in [3.8, 4) is 23.8 Å². The minimum absolute atomic E-state index is 0.0338. The van der Waals surface area contributed by atoms with Crippen molar-refractivity contribution >= 4 is 17.7 Å². The fraction of sp³-hybridized carbons (Fsp3) is 0.560. The van der Waals surface area contributed by atoms with Crippen LogP contribution in [-0.4, -0.2) is 60.8 Å². The molecule has 0 unspecified atom stereocenters. The molecule has 1 saturated carbocycles. The molecule has 0 radical (unpaired) electrons. The minimum Gasteiger partial charge on any atom is -0.484 e. The molecule has 2 saturated heterocycles. The van der Waals surface area contributed by atoms with Gasteiger partial charge in [-0.25, -0.2) is 0 Å². The zero-order chi connectivity index (χ0) is 26.3. The Kier molecular flexibility index (Phi) is 6.82. The first kappa shape index (κ1) is 25.7. The highest BCUT2D eigenvalue weighted by Crippen LogP contribution is 2.64. The third kappa shape index (κ3) is 5.37. The van der Waals surface area contributed by atoms with Gasteiger partial charge in [0.15, 0.2) is 6.61 Å². The highest BCUT2D eigenvalue weighted by molar-refractivity contribution is 5.90. The molecule has 3 amide bonds. The molecule has 0 bridgehead atoms. The summed E-state index contributed by atoms with van der Waals surface area (Å²) in [5, 5.41) is 5.59. The lowest BCUT2D eigenvalue weighted by molar-refractivity contribution is -0.274. The van der Waals surface area contributed by atoms with Crippen LogP contribution >= 0.6 is 0 Å². The number of nitrogens with one attached hydrogen (secondary N) is 2. The van der Waals surface area contributed by atoms with Gasteiger partial charge < -0.3 is 25.0 Å². The molecule has 5 atom stereocenters. The van der Waals surface area contributed by atoms with Crippen LogP contribution in [0.25, 0.3) is 0 Å². The number of fused-ring (bicyclic) bond motifs is 1. The van der Waals surface area contributed by atoms with Gasteiger partial charge in [0, 0.05) is 19.0 Å². The molecule has 4 rings (SSSR count). The number of amides is 3. The summed E-state index contributed by atoms with van der Waals surface area (Å²) < 4.78 is 46.2. The number of alkyl halides is 3. The standard InChI is InChI=1S/C25H28F3N3O5/c1-4-15(11-14-9-10-29-22(14)33)30-23(34)21-20-18(24(20,2)3)12-31(21)19(32)13-35-16-5-7-17(8-6-16)36-25(26,27)28/h1,5-8,14-15,18,20-21H,9-13H2,2-3H3,(H,29,33)(H,30,34)/t14-,15+,18-,20-,21-/m0/s1. The summed E-state index contributed by atoms with van der Waals surface area (Å²) in [6.07, 6.45) is 1.79. The summed E-state index contributed by atoms with van der Waals surface area (Å²) in [5.74, 6) is 1.32. The van der Waals surface area contributed by atoms with Gasteiger partial charge in [-0.15, -0.1) is 19.6 Å². The zero-order valence-corrected chi connectivity index (χ0v) is 19.9. The Hall–Kier alpha value is -3.42. The molecule has 1 aromatic carbocycles. The van der Waals surface area contributed by atoms with Gasteiger partial charge in [0.25, 0.3) is 5.91 Å². The number of terminal acetylenes is 1. The molecule has 36 heavy (non-hydrogen) atoms. The van der Waals surface area contributed by atoms with E-state index in [-0.39, 0.29) is 47.3 Å². The second-order valence-corrected chi connectivity index (χ2v) is 9.99. The van der Waals surface area contributed by atoms with Gasteiger partial charge in [-0.2, -0.15) is 0 Å². The maximum absolute atomic E-state index is 13.3. The van der Waals surface area contributed by atoms with Crippen LogP contribution in [0.15, 0.2) is 24.3 Å². The van der Waals surface area contributed by atoms with Gasteiger partial charge in [0.05, 0.1) is 6.04 Å². The van der Waals surface area contributed by atoms with Crippen LogP contribution in [0.5, 0.6) is 11.5 Å². The van der Waals surface area contributed by atoms with Gasteiger partial charge in [-0.3, -0.25) is 14.4 Å². The molecular weight excluding hydrogens is 479 g/mol. The molecule has 1 aliphatic carbocycles. The maximum atomic E-state index is 13.3. The summed E-state index contributed by atoms with van der Waals surface area (Å²) in [6.45, 7) is 4.68. The Labute approximate surface area is 206 Å². The molecular formula is C25H28F3N3O5. The second kappa shape index (κ2) is 9.56. The van der Waals surface area contributed by atoms with E-state index >= 15 is 0 Å². The van der Waals surface area contributed by atoms with Crippen LogP contribution in [0.4, 0.5) is 13.2 Å². The molecule has 2 heterocycles. The van der Waals surface area contributed by atoms with Crippen LogP contribution in [0, 0.1) is 35.5 Å². The molecule has 3 fully saturated rings. The molecule has 2 aliphatic heterocycles. The number of carbonyl (C=O) groups excluding carboxylic acids is 3. The molecule has 0 aromatic heterocycles. The third-order valence-electron chi connectivity index (χ3n) is 7.42. The molecule has 194 valence electrons. The molecule has 11 heteroatoms. The van der Waals surface area contributed by atoms with Crippen LogP contribution in [0.2, 0.25) is 0 Å². The smallest absolute Gasteiger partial charge is 0.484 e. The first-order valence-corrected chi connectivity index (χ1v) is 11.7. The number of halogens is 3. The van der Waals surface area contributed by atoms with Crippen LogP contribution in [0.1, 0.15) is 26.7 Å². The van der Waals surface area contributed by atoms with E-state index in [2.05, 4.69) is 21.3 Å². The maximum Gasteiger partial charge on any atom is 0.573 e. The summed E-state index contributed by atoms with van der Waals surface area (Å²) in [6, 6.07) is 3.33. The third-order valence-corrected chi connectivity index (χ3v) is 7.42. The predicted octanol–water partition coefficient (Wildman–Crippen LogP) is 2.09. The monoisotopic (exact) mass is 507 g/mol. The van der Waals surface area contributed by atoms with Gasteiger partial charge in [0.1, 0.15) is 17.5 Å². The summed E-state index contributed by atoms with van der Waals surface area (Å²) in [4.78, 5) is 39.7. The number of piperidine rings is 1. The molecule has 3 aliphatic rings. The van der Waals surface area contributed by atoms with Crippen LogP contribution in [0.3, 0.4) is 0 Å². The van der Waals surface area contributed by atoms with E-state index in [1.54, 1.807) is 0 Å². The Morgan fingerprint density at radius 3 is 2.53 bits per heavy atom. The first-order valence-electron chi connectivity index (χ1n) is 11.7. The average Bonchev–Trinajstić information content (AvgIpc) is 3.16. The zero-order valence-electron chi connectivity index (χ0n) is 19.9. The van der Waals surface area contributed by atoms with Crippen molar-refractivity contribution in [2.45, 2.75) is 45.1 Å². The highest BCUT2D eigenvalue weighted by atomic mass is 19.4. The van der Waals surface area contributed by atoms with Crippen molar-refractivity contribution in [2.24, 2.45) is 23.2 Å². The van der Waals surface area contributed by atoms with Crippen LogP contribution < -0.4 is 20.1 Å². The summed E-state index contributed by atoms with van der Waals surface area (Å²) >= 11 is 0. The second-order valence-electron chi connectivity index (χ2n) is 9.99. The fourth-order valence-corrected chi connectivity index (χ4v) is 5.39. The minimum atomic E-state index is -4.81. The van der Waals surface area contributed by atoms with Gasteiger partial charge in [-0.05, 0) is 54.4 Å². The van der Waals surface area contributed by atoms with Gasteiger partial charge in [0.2, 0.25) is 11.8 Å². The largest absolute Gasteiger partial charge is 0.573 e. The normalized spacial score (nSPS) is 26.9. The Bertz CT molecular complexity index is 1070. The van der Waals surface area contributed by atoms with E-state index < -0.39 is 30.1 Å². The predicted molar refractivity (Wildman–Crippen MR) is 121 cm³/mol. The van der Waals surface area contributed by atoms with E-state index in [0.29, 0.717) is 25.9 Å². The van der Waals surface area contributed by atoms with E-state index in [0.717, 1.165) is 12.1 Å². The van der Waals surface area contributed by atoms with Crippen molar-refractivity contribution in [3.63, 3.8) is 0 Å². The lowest BCUT2D eigenvalue weighted by Gasteiger charge is -2.31. The topological polar surface area (TPSA) is 97.0 Å². The molecule has 0 spiro atoms. The number of ether oxygens (including phenoxy) is 2. The van der Waals surface area contributed by atoms with Crippen molar-refractivity contribution in [1.82, 2.24) is 15.5 Å². The van der Waals surface area contributed by atoms with Crippen LogP contribution in [-0.2, 0) is 14.4 Å². The molecule has 1 aromatic rings. The number of hydrogen-bond acceptors (Lipinski definition) is 5. The van der Waals surface area contributed by atoms with Gasteiger partial charge >= 0.3 is 6.36 Å². The Balaban J connectivity index is 1.37.